The van der Waals surface area contributed by atoms with Crippen LogP contribution in [0.5, 0.6) is 0 Å². The first-order chi connectivity index (χ1) is 18.6. The van der Waals surface area contributed by atoms with E-state index in [1.165, 1.54) is 22.3 Å². The largest absolute Gasteiger partial charge is 0.208 e. The highest BCUT2D eigenvalue weighted by Crippen LogP contribution is 2.28. The lowest BCUT2D eigenvalue weighted by molar-refractivity contribution is 1.07. The molecule has 0 aliphatic rings. The molecule has 3 nitrogen and oxygen atoms in total. The molecule has 0 amide bonds. The van der Waals surface area contributed by atoms with Crippen LogP contribution in [-0.4, -0.2) is 15.0 Å². The maximum atomic E-state index is 4.92. The third-order valence-corrected chi connectivity index (χ3v) is 6.41. The quantitative estimate of drug-likeness (QED) is 0.212. The maximum Gasteiger partial charge on any atom is 0.164 e. The van der Waals surface area contributed by atoms with Gasteiger partial charge in [0.05, 0.1) is 0 Å². The number of allylic oxidation sites excluding steroid dienone is 4. The van der Waals surface area contributed by atoms with Crippen molar-refractivity contribution >= 4 is 5.57 Å². The molecular weight excluding hydrogens is 462 g/mol. The van der Waals surface area contributed by atoms with Crippen molar-refractivity contribution < 1.29 is 0 Å². The molecule has 5 rings (SSSR count). The van der Waals surface area contributed by atoms with Crippen LogP contribution in [0, 0.1) is 6.92 Å². The fraction of sp³-hybridized carbons (Fsp3) is 0.114. The van der Waals surface area contributed by atoms with Gasteiger partial charge in [0.1, 0.15) is 0 Å². The molecule has 0 aliphatic carbocycles. The fourth-order valence-corrected chi connectivity index (χ4v) is 4.48. The Morgan fingerprint density at radius 2 is 1.13 bits per heavy atom. The van der Waals surface area contributed by atoms with Gasteiger partial charge in [0, 0.05) is 16.7 Å². The van der Waals surface area contributed by atoms with Crippen molar-refractivity contribution in [3.63, 3.8) is 0 Å². The third-order valence-electron chi connectivity index (χ3n) is 6.41. The van der Waals surface area contributed by atoms with Gasteiger partial charge < -0.3 is 0 Å². The number of hydrogen-bond acceptors (Lipinski definition) is 3. The summed E-state index contributed by atoms with van der Waals surface area (Å²) in [5.74, 6) is 2.00. The Balaban J connectivity index is 1.57. The molecule has 0 unspecified atom stereocenters. The summed E-state index contributed by atoms with van der Waals surface area (Å²) in [6.45, 7) is 6.28. The van der Waals surface area contributed by atoms with Crippen LogP contribution < -0.4 is 0 Å². The molecule has 0 bridgehead atoms. The zero-order chi connectivity index (χ0) is 26.3. The van der Waals surface area contributed by atoms with Crippen molar-refractivity contribution in [1.29, 1.82) is 0 Å². The minimum absolute atomic E-state index is 0.663. The first kappa shape index (κ1) is 25.0. The number of aryl methyl sites for hydroxylation is 1. The van der Waals surface area contributed by atoms with Crippen LogP contribution in [0.3, 0.4) is 0 Å². The van der Waals surface area contributed by atoms with E-state index in [4.69, 9.17) is 15.0 Å². The number of hydrogen-bond donors (Lipinski definition) is 0. The van der Waals surface area contributed by atoms with E-state index in [1.54, 1.807) is 0 Å². The molecule has 0 saturated heterocycles. The summed E-state index contributed by atoms with van der Waals surface area (Å²) in [6.07, 6.45) is 7.45. The van der Waals surface area contributed by atoms with Gasteiger partial charge >= 0.3 is 0 Å². The zero-order valence-corrected chi connectivity index (χ0v) is 22.1. The highest BCUT2D eigenvalue weighted by Gasteiger charge is 2.13. The second-order valence-electron chi connectivity index (χ2n) is 9.26. The molecule has 5 aromatic rings. The Hall–Kier alpha value is -4.63. The monoisotopic (exact) mass is 493 g/mol. The van der Waals surface area contributed by atoms with Gasteiger partial charge in [-0.25, -0.2) is 15.0 Å². The average molecular weight is 494 g/mol. The lowest BCUT2D eigenvalue weighted by Gasteiger charge is -2.10. The molecule has 0 N–H and O–H groups in total. The van der Waals surface area contributed by atoms with Crippen molar-refractivity contribution in [2.45, 2.75) is 27.2 Å². The summed E-state index contributed by atoms with van der Waals surface area (Å²) in [7, 11) is 0. The Kier molecular flexibility index (Phi) is 7.65. The van der Waals surface area contributed by atoms with Gasteiger partial charge in [-0.2, -0.15) is 0 Å². The zero-order valence-electron chi connectivity index (χ0n) is 22.1. The minimum atomic E-state index is 0.663. The van der Waals surface area contributed by atoms with Crippen LogP contribution in [0.25, 0.3) is 50.9 Å². The molecule has 3 heteroatoms. The van der Waals surface area contributed by atoms with Crippen molar-refractivity contribution in [1.82, 2.24) is 15.0 Å². The number of nitrogens with zero attached hydrogens (tertiary/aromatic N) is 3. The smallest absolute Gasteiger partial charge is 0.164 e. The molecule has 0 aliphatic heterocycles. The molecule has 186 valence electrons. The molecule has 0 radical (unpaired) electrons. The van der Waals surface area contributed by atoms with Crippen LogP contribution in [-0.2, 0) is 0 Å². The van der Waals surface area contributed by atoms with E-state index in [2.05, 4.69) is 123 Å². The second-order valence-corrected chi connectivity index (χ2v) is 9.26. The second kappa shape index (κ2) is 11.6. The highest BCUT2D eigenvalue weighted by molar-refractivity contribution is 5.76. The van der Waals surface area contributed by atoms with Gasteiger partial charge in [-0.1, -0.05) is 128 Å². The Morgan fingerprint density at radius 1 is 0.605 bits per heavy atom. The van der Waals surface area contributed by atoms with Crippen LogP contribution in [0.4, 0.5) is 0 Å². The van der Waals surface area contributed by atoms with Crippen molar-refractivity contribution in [2.75, 3.05) is 0 Å². The Morgan fingerprint density at radius 3 is 1.71 bits per heavy atom. The molecule has 1 heterocycles. The number of aromatic nitrogens is 3. The molecular formula is C35H31N3. The van der Waals surface area contributed by atoms with E-state index >= 15 is 0 Å². The van der Waals surface area contributed by atoms with Gasteiger partial charge in [0.15, 0.2) is 17.5 Å². The van der Waals surface area contributed by atoms with Gasteiger partial charge in [-0.15, -0.1) is 0 Å². The Bertz CT molecular complexity index is 1580. The molecule has 4 aromatic carbocycles. The van der Waals surface area contributed by atoms with Crippen LogP contribution in [0.15, 0.2) is 121 Å². The van der Waals surface area contributed by atoms with Crippen LogP contribution >= 0.6 is 0 Å². The molecule has 0 atom stereocenters. The van der Waals surface area contributed by atoms with Crippen molar-refractivity contribution in [3.8, 4) is 45.3 Å². The van der Waals surface area contributed by atoms with E-state index in [-0.39, 0.29) is 0 Å². The van der Waals surface area contributed by atoms with Crippen molar-refractivity contribution in [2.24, 2.45) is 0 Å². The first-order valence-corrected chi connectivity index (χ1v) is 13.1. The standard InChI is InChI=1S/C35H31N3/c1-4-10-26(11-5-2)28-16-20-30(21-17-28)33-36-34(38-35(37-33)32-15-9-12-25(3)24-32)31-22-18-29(19-23-31)27-13-7-6-8-14-27/h4,6-24H,5H2,1-3H3/b10-4-,26-11+. The molecule has 38 heavy (non-hydrogen) atoms. The summed E-state index contributed by atoms with van der Waals surface area (Å²) < 4.78 is 0. The molecule has 0 fully saturated rings. The van der Waals surface area contributed by atoms with E-state index in [0.717, 1.165) is 28.7 Å². The average Bonchev–Trinajstić information content (AvgIpc) is 2.97. The van der Waals surface area contributed by atoms with Crippen LogP contribution in [0.2, 0.25) is 0 Å². The highest BCUT2D eigenvalue weighted by atomic mass is 15.0. The SMILES string of the molecule is C/C=C\C(=C/CC)c1ccc(-c2nc(-c3ccc(-c4ccccc4)cc3)nc(-c3cccc(C)c3)n2)cc1. The third kappa shape index (κ3) is 5.68. The van der Waals surface area contributed by atoms with Crippen LogP contribution in [0.1, 0.15) is 31.4 Å². The van der Waals surface area contributed by atoms with Gasteiger partial charge in [-0.3, -0.25) is 0 Å². The molecule has 0 saturated carbocycles. The van der Waals surface area contributed by atoms with Gasteiger partial charge in [0.2, 0.25) is 0 Å². The number of rotatable bonds is 7. The summed E-state index contributed by atoms with van der Waals surface area (Å²) in [5.41, 5.74) is 8.81. The molecule has 1 aromatic heterocycles. The predicted molar refractivity (Wildman–Crippen MR) is 159 cm³/mol. The number of benzene rings is 4. The van der Waals surface area contributed by atoms with Gasteiger partial charge in [-0.05, 0) is 48.6 Å². The van der Waals surface area contributed by atoms with Crippen molar-refractivity contribution in [3.05, 3.63) is 132 Å². The van der Waals surface area contributed by atoms with E-state index < -0.39 is 0 Å². The van der Waals surface area contributed by atoms with E-state index in [9.17, 15) is 0 Å². The lowest BCUT2D eigenvalue weighted by atomic mass is 10.0. The summed E-state index contributed by atoms with van der Waals surface area (Å²) >= 11 is 0. The topological polar surface area (TPSA) is 38.7 Å². The predicted octanol–water partition coefficient (Wildman–Crippen LogP) is 9.22. The summed E-state index contributed by atoms with van der Waals surface area (Å²) in [5, 5.41) is 0. The normalized spacial score (nSPS) is 11.7. The van der Waals surface area contributed by atoms with E-state index in [0.29, 0.717) is 17.5 Å². The fourth-order valence-electron chi connectivity index (χ4n) is 4.48. The molecule has 0 spiro atoms. The minimum Gasteiger partial charge on any atom is -0.208 e. The Labute approximate surface area is 225 Å². The van der Waals surface area contributed by atoms with Gasteiger partial charge in [0.25, 0.3) is 0 Å². The first-order valence-electron chi connectivity index (χ1n) is 13.1. The summed E-state index contributed by atoms with van der Waals surface area (Å²) in [4.78, 5) is 14.7. The van der Waals surface area contributed by atoms with E-state index in [1.807, 2.05) is 19.1 Å². The maximum absolute atomic E-state index is 4.92. The lowest BCUT2D eigenvalue weighted by Crippen LogP contribution is -2.00. The summed E-state index contributed by atoms with van der Waals surface area (Å²) in [6, 6.07) is 35.6.